The number of rotatable bonds is 3. The molecule has 3 heterocycles. The van der Waals surface area contributed by atoms with Crippen LogP contribution in [0.25, 0.3) is 28.2 Å². The number of benzene rings is 1. The fourth-order valence-electron chi connectivity index (χ4n) is 2.80. The number of furan rings is 1. The van der Waals surface area contributed by atoms with Crippen LogP contribution in [0.2, 0.25) is 0 Å². The minimum absolute atomic E-state index is 0.0928. The highest BCUT2D eigenvalue weighted by molar-refractivity contribution is 5.68. The third-order valence-electron chi connectivity index (χ3n) is 4.01. The summed E-state index contributed by atoms with van der Waals surface area (Å²) >= 11 is 0. The molecule has 0 amide bonds. The number of hydrogen-bond donors (Lipinski definition) is 1. The molecule has 1 N–H and O–H groups in total. The smallest absolute Gasteiger partial charge is 0.137 e. The third-order valence-corrected chi connectivity index (χ3v) is 4.01. The second kappa shape index (κ2) is 5.41. The van der Waals surface area contributed by atoms with E-state index < -0.39 is 0 Å². The van der Waals surface area contributed by atoms with Crippen LogP contribution in [-0.4, -0.2) is 14.5 Å². The van der Waals surface area contributed by atoms with Crippen molar-refractivity contribution in [1.82, 2.24) is 9.38 Å². The first-order valence-electron chi connectivity index (χ1n) is 7.50. The van der Waals surface area contributed by atoms with E-state index >= 15 is 0 Å². The van der Waals surface area contributed by atoms with Crippen LogP contribution >= 0.6 is 0 Å². The maximum atomic E-state index is 9.13. The number of aromatic nitrogens is 2. The van der Waals surface area contributed by atoms with Crippen molar-refractivity contribution >= 4 is 5.65 Å². The van der Waals surface area contributed by atoms with Crippen molar-refractivity contribution in [3.05, 3.63) is 72.2 Å². The molecule has 114 valence electrons. The normalized spacial score (nSPS) is 11.2. The van der Waals surface area contributed by atoms with Crippen LogP contribution < -0.4 is 0 Å². The van der Waals surface area contributed by atoms with Gasteiger partial charge in [-0.25, -0.2) is 4.98 Å². The van der Waals surface area contributed by atoms with Gasteiger partial charge in [0, 0.05) is 23.0 Å². The second-order valence-corrected chi connectivity index (χ2v) is 5.48. The SMILES string of the molecule is Cc1c(-c2ccccc2)nc2ccc(-c3ccc(CO)o3)cn12. The standard InChI is InChI=1S/C19H16N2O2/c1-13-19(14-5-3-2-4-6-14)20-18-10-7-15(11-21(13)18)17-9-8-16(12-22)23-17/h2-11,22H,12H2,1H3. The molecule has 4 aromatic rings. The molecule has 4 heteroatoms. The van der Waals surface area contributed by atoms with Crippen LogP contribution in [-0.2, 0) is 6.61 Å². The molecule has 0 bridgehead atoms. The van der Waals surface area contributed by atoms with E-state index in [0.717, 1.165) is 33.9 Å². The molecule has 4 nitrogen and oxygen atoms in total. The van der Waals surface area contributed by atoms with Gasteiger partial charge in [0.1, 0.15) is 23.8 Å². The third kappa shape index (κ3) is 2.33. The molecule has 0 radical (unpaired) electrons. The fraction of sp³-hybridized carbons (Fsp3) is 0.105. The zero-order chi connectivity index (χ0) is 15.8. The molecule has 3 aromatic heterocycles. The Morgan fingerprint density at radius 3 is 2.57 bits per heavy atom. The van der Waals surface area contributed by atoms with Crippen LogP contribution in [0.1, 0.15) is 11.5 Å². The molecule has 23 heavy (non-hydrogen) atoms. The van der Waals surface area contributed by atoms with Gasteiger partial charge in [0.15, 0.2) is 0 Å². The van der Waals surface area contributed by atoms with Gasteiger partial charge in [-0.1, -0.05) is 30.3 Å². The minimum atomic E-state index is -0.0928. The molecule has 0 aliphatic carbocycles. The average molecular weight is 304 g/mol. The van der Waals surface area contributed by atoms with Crippen LogP contribution in [0, 0.1) is 6.92 Å². The van der Waals surface area contributed by atoms with Gasteiger partial charge in [0.05, 0.1) is 5.69 Å². The van der Waals surface area contributed by atoms with Crippen molar-refractivity contribution in [3.8, 4) is 22.6 Å². The number of aryl methyl sites for hydroxylation is 1. The molecule has 0 saturated heterocycles. The van der Waals surface area contributed by atoms with Crippen LogP contribution in [0.4, 0.5) is 0 Å². The van der Waals surface area contributed by atoms with E-state index in [-0.39, 0.29) is 6.61 Å². The lowest BCUT2D eigenvalue weighted by atomic mass is 10.1. The van der Waals surface area contributed by atoms with E-state index in [9.17, 15) is 0 Å². The lowest BCUT2D eigenvalue weighted by Gasteiger charge is -2.02. The first-order valence-corrected chi connectivity index (χ1v) is 7.50. The Morgan fingerprint density at radius 2 is 1.83 bits per heavy atom. The van der Waals surface area contributed by atoms with Gasteiger partial charge in [-0.3, -0.25) is 0 Å². The number of pyridine rings is 1. The number of aliphatic hydroxyl groups excluding tert-OH is 1. The van der Waals surface area contributed by atoms with E-state index in [2.05, 4.69) is 23.5 Å². The van der Waals surface area contributed by atoms with Gasteiger partial charge in [-0.15, -0.1) is 0 Å². The average Bonchev–Trinajstić information content (AvgIpc) is 3.20. The number of aliphatic hydroxyl groups is 1. The molecule has 0 saturated carbocycles. The number of hydrogen-bond acceptors (Lipinski definition) is 3. The number of nitrogens with zero attached hydrogens (tertiary/aromatic N) is 2. The topological polar surface area (TPSA) is 50.7 Å². The predicted octanol–water partition coefficient (Wildman–Crippen LogP) is 4.06. The van der Waals surface area contributed by atoms with Crippen molar-refractivity contribution < 1.29 is 9.52 Å². The summed E-state index contributed by atoms with van der Waals surface area (Å²) in [5.41, 5.74) is 5.03. The van der Waals surface area contributed by atoms with E-state index in [1.807, 2.05) is 42.6 Å². The highest BCUT2D eigenvalue weighted by Gasteiger charge is 2.12. The molecule has 1 aromatic carbocycles. The summed E-state index contributed by atoms with van der Waals surface area (Å²) < 4.78 is 7.68. The molecule has 0 aliphatic rings. The van der Waals surface area contributed by atoms with Crippen molar-refractivity contribution in [2.75, 3.05) is 0 Å². The first-order chi connectivity index (χ1) is 11.3. The maximum absolute atomic E-state index is 9.13. The predicted molar refractivity (Wildman–Crippen MR) is 89.0 cm³/mol. The molecule has 0 unspecified atom stereocenters. The highest BCUT2D eigenvalue weighted by Crippen LogP contribution is 2.27. The largest absolute Gasteiger partial charge is 0.459 e. The molecular formula is C19H16N2O2. The summed E-state index contributed by atoms with van der Waals surface area (Å²) in [6.45, 7) is 1.97. The van der Waals surface area contributed by atoms with Crippen LogP contribution in [0.3, 0.4) is 0 Å². The van der Waals surface area contributed by atoms with Crippen LogP contribution in [0.5, 0.6) is 0 Å². The van der Waals surface area contributed by atoms with Crippen molar-refractivity contribution in [2.24, 2.45) is 0 Å². The number of imidazole rings is 1. The molecular weight excluding hydrogens is 288 g/mol. The highest BCUT2D eigenvalue weighted by atomic mass is 16.4. The van der Waals surface area contributed by atoms with Gasteiger partial charge < -0.3 is 13.9 Å². The zero-order valence-electron chi connectivity index (χ0n) is 12.7. The summed E-state index contributed by atoms with van der Waals surface area (Å²) in [5.74, 6) is 1.30. The molecule has 0 atom stereocenters. The fourth-order valence-corrected chi connectivity index (χ4v) is 2.80. The van der Waals surface area contributed by atoms with E-state index in [1.165, 1.54) is 0 Å². The van der Waals surface area contributed by atoms with Crippen LogP contribution in [0.15, 0.2) is 65.2 Å². The summed E-state index contributed by atoms with van der Waals surface area (Å²) in [5, 5.41) is 9.13. The lowest BCUT2D eigenvalue weighted by molar-refractivity contribution is 0.248. The first kappa shape index (κ1) is 13.8. The summed E-state index contributed by atoms with van der Waals surface area (Å²) in [7, 11) is 0. The Kier molecular flexibility index (Phi) is 3.24. The summed E-state index contributed by atoms with van der Waals surface area (Å²) in [6, 6.07) is 17.8. The Balaban J connectivity index is 1.84. The van der Waals surface area contributed by atoms with E-state index in [1.54, 1.807) is 6.07 Å². The monoisotopic (exact) mass is 304 g/mol. The van der Waals surface area contributed by atoms with Gasteiger partial charge in [-0.2, -0.15) is 0 Å². The van der Waals surface area contributed by atoms with Gasteiger partial charge >= 0.3 is 0 Å². The van der Waals surface area contributed by atoms with Crippen molar-refractivity contribution in [1.29, 1.82) is 0 Å². The molecule has 0 spiro atoms. The summed E-state index contributed by atoms with van der Waals surface area (Å²) in [4.78, 5) is 4.73. The zero-order valence-corrected chi connectivity index (χ0v) is 12.7. The van der Waals surface area contributed by atoms with Gasteiger partial charge in [0.2, 0.25) is 0 Å². The Labute approximate surface area is 133 Å². The Hall–Kier alpha value is -2.85. The minimum Gasteiger partial charge on any atom is -0.459 e. The van der Waals surface area contributed by atoms with E-state index in [4.69, 9.17) is 14.5 Å². The summed E-state index contributed by atoms with van der Waals surface area (Å²) in [6.07, 6.45) is 2.02. The molecule has 4 rings (SSSR count). The molecule has 0 aliphatic heterocycles. The Bertz CT molecular complexity index is 968. The molecule has 0 fully saturated rings. The lowest BCUT2D eigenvalue weighted by Crippen LogP contribution is -1.89. The van der Waals surface area contributed by atoms with E-state index in [0.29, 0.717) is 5.76 Å². The number of fused-ring (bicyclic) bond motifs is 1. The van der Waals surface area contributed by atoms with Gasteiger partial charge in [0.25, 0.3) is 0 Å². The maximum Gasteiger partial charge on any atom is 0.137 e. The van der Waals surface area contributed by atoms with Gasteiger partial charge in [-0.05, 0) is 31.2 Å². The second-order valence-electron chi connectivity index (χ2n) is 5.48. The quantitative estimate of drug-likeness (QED) is 0.621. The van der Waals surface area contributed by atoms with Crippen molar-refractivity contribution in [3.63, 3.8) is 0 Å². The van der Waals surface area contributed by atoms with Crippen molar-refractivity contribution in [2.45, 2.75) is 13.5 Å². The Morgan fingerprint density at radius 1 is 1.00 bits per heavy atom.